The minimum Gasteiger partial charge on any atom is -0.326 e. The molecule has 0 heterocycles. The van der Waals surface area contributed by atoms with Gasteiger partial charge in [0.2, 0.25) is 5.66 Å². The van der Waals surface area contributed by atoms with Gasteiger partial charge in [0.25, 0.3) is 0 Å². The van der Waals surface area contributed by atoms with Crippen molar-refractivity contribution in [1.82, 2.24) is 0 Å². The van der Waals surface area contributed by atoms with Crippen molar-refractivity contribution >= 4 is 6.72 Å². The summed E-state index contributed by atoms with van der Waals surface area (Å²) in [6.07, 6.45) is -4.69. The fourth-order valence-electron chi connectivity index (χ4n) is 1.28. The van der Waals surface area contributed by atoms with Crippen molar-refractivity contribution in [3.63, 3.8) is 0 Å². The average Bonchev–Trinajstić information content (AvgIpc) is 2.26. The van der Waals surface area contributed by atoms with Crippen LogP contribution < -0.4 is 11.5 Å². The molecule has 0 saturated carbocycles. The van der Waals surface area contributed by atoms with Crippen LogP contribution in [0, 0.1) is 0 Å². The summed E-state index contributed by atoms with van der Waals surface area (Å²) in [5.74, 6) is 0. The van der Waals surface area contributed by atoms with Gasteiger partial charge in [0.15, 0.2) is 0 Å². The predicted molar refractivity (Wildman–Crippen MR) is 55.8 cm³/mol. The van der Waals surface area contributed by atoms with Crippen molar-refractivity contribution in [3.05, 3.63) is 35.4 Å². The monoisotopic (exact) mass is 231 g/mol. The van der Waals surface area contributed by atoms with Crippen molar-refractivity contribution in [2.24, 2.45) is 16.5 Å². The Balaban J connectivity index is 3.28. The number of rotatable bonds is 3. The van der Waals surface area contributed by atoms with Crippen molar-refractivity contribution in [1.29, 1.82) is 0 Å². The molecular formula is C10H12F3N3. The second-order valence-electron chi connectivity index (χ2n) is 3.33. The van der Waals surface area contributed by atoms with Gasteiger partial charge in [0.1, 0.15) is 0 Å². The van der Waals surface area contributed by atoms with Gasteiger partial charge in [-0.15, -0.1) is 0 Å². The number of nitrogens with two attached hydrogens (primary N) is 2. The van der Waals surface area contributed by atoms with E-state index in [0.29, 0.717) is 5.56 Å². The molecule has 0 amide bonds. The SMILES string of the molecule is C=NC(N)(c1cccc(CN)c1)C(F)(F)F. The number of halogens is 3. The zero-order valence-electron chi connectivity index (χ0n) is 8.46. The highest BCUT2D eigenvalue weighted by Gasteiger charge is 2.53. The first-order chi connectivity index (χ1) is 7.35. The van der Waals surface area contributed by atoms with Crippen molar-refractivity contribution in [2.45, 2.75) is 18.4 Å². The van der Waals surface area contributed by atoms with E-state index < -0.39 is 11.8 Å². The molecule has 0 saturated heterocycles. The van der Waals surface area contributed by atoms with Crippen LogP contribution in [0.4, 0.5) is 13.2 Å². The van der Waals surface area contributed by atoms with E-state index in [-0.39, 0.29) is 12.1 Å². The van der Waals surface area contributed by atoms with Crippen LogP contribution in [0.1, 0.15) is 11.1 Å². The third-order valence-corrected chi connectivity index (χ3v) is 2.28. The first-order valence-corrected chi connectivity index (χ1v) is 4.48. The molecule has 88 valence electrons. The predicted octanol–water partition coefficient (Wildman–Crippen LogP) is 1.52. The Labute approximate surface area is 91.0 Å². The highest BCUT2D eigenvalue weighted by atomic mass is 19.4. The normalized spacial score (nSPS) is 15.6. The minimum absolute atomic E-state index is 0.138. The third-order valence-electron chi connectivity index (χ3n) is 2.28. The van der Waals surface area contributed by atoms with E-state index in [1.807, 2.05) is 0 Å². The maximum absolute atomic E-state index is 12.7. The Kier molecular flexibility index (Phi) is 3.35. The molecule has 1 atom stereocenters. The van der Waals surface area contributed by atoms with Gasteiger partial charge >= 0.3 is 6.18 Å². The molecule has 3 nitrogen and oxygen atoms in total. The summed E-state index contributed by atoms with van der Waals surface area (Å²) in [5.41, 5.74) is 8.18. The van der Waals surface area contributed by atoms with E-state index in [2.05, 4.69) is 11.7 Å². The molecule has 0 aliphatic rings. The summed E-state index contributed by atoms with van der Waals surface area (Å²) in [4.78, 5) is 3.00. The summed E-state index contributed by atoms with van der Waals surface area (Å²) in [6.45, 7) is 3.04. The molecule has 1 aromatic carbocycles. The zero-order chi connectivity index (χ0) is 12.4. The van der Waals surface area contributed by atoms with Gasteiger partial charge in [-0.1, -0.05) is 24.3 Å². The van der Waals surface area contributed by atoms with Crippen LogP contribution in [0.2, 0.25) is 0 Å². The van der Waals surface area contributed by atoms with E-state index in [1.165, 1.54) is 18.2 Å². The molecule has 4 N–H and O–H groups in total. The second kappa shape index (κ2) is 4.23. The highest BCUT2D eigenvalue weighted by molar-refractivity contribution is 5.35. The van der Waals surface area contributed by atoms with Gasteiger partial charge in [-0.2, -0.15) is 13.2 Å². The van der Waals surface area contributed by atoms with Crippen LogP contribution in [0.15, 0.2) is 29.3 Å². The molecule has 0 spiro atoms. The Hall–Kier alpha value is -1.40. The number of benzene rings is 1. The first kappa shape index (κ1) is 12.7. The Morgan fingerprint density at radius 3 is 2.38 bits per heavy atom. The molecule has 0 bridgehead atoms. The average molecular weight is 231 g/mol. The van der Waals surface area contributed by atoms with Gasteiger partial charge in [-0.25, -0.2) is 0 Å². The molecule has 0 aliphatic carbocycles. The van der Waals surface area contributed by atoms with Crippen molar-refractivity contribution in [3.8, 4) is 0 Å². The lowest BCUT2D eigenvalue weighted by Crippen LogP contribution is -2.48. The molecule has 6 heteroatoms. The molecule has 1 unspecified atom stereocenters. The van der Waals surface area contributed by atoms with E-state index in [0.717, 1.165) is 0 Å². The third kappa shape index (κ3) is 2.07. The molecule has 16 heavy (non-hydrogen) atoms. The fraction of sp³-hybridized carbons (Fsp3) is 0.300. The summed E-state index contributed by atoms with van der Waals surface area (Å²) in [7, 11) is 0. The molecule has 0 aliphatic heterocycles. The van der Waals surface area contributed by atoms with Gasteiger partial charge in [0.05, 0.1) is 0 Å². The molecule has 1 rings (SSSR count). The molecular weight excluding hydrogens is 219 g/mol. The molecule has 0 aromatic heterocycles. The number of alkyl halides is 3. The van der Waals surface area contributed by atoms with Crippen LogP contribution in [-0.2, 0) is 12.2 Å². The molecule has 1 aromatic rings. The quantitative estimate of drug-likeness (QED) is 0.774. The highest BCUT2D eigenvalue weighted by Crippen LogP contribution is 2.37. The maximum Gasteiger partial charge on any atom is 0.431 e. The lowest BCUT2D eigenvalue weighted by atomic mass is 9.98. The van der Waals surface area contributed by atoms with E-state index in [4.69, 9.17) is 11.5 Å². The molecule has 0 fully saturated rings. The Bertz CT molecular complexity index is 389. The van der Waals surface area contributed by atoms with Gasteiger partial charge in [-0.3, -0.25) is 10.7 Å². The smallest absolute Gasteiger partial charge is 0.326 e. The lowest BCUT2D eigenvalue weighted by Gasteiger charge is -2.28. The fourth-order valence-corrected chi connectivity index (χ4v) is 1.28. The Morgan fingerprint density at radius 2 is 1.94 bits per heavy atom. The zero-order valence-corrected chi connectivity index (χ0v) is 8.46. The van der Waals surface area contributed by atoms with Gasteiger partial charge < -0.3 is 5.73 Å². The first-order valence-electron chi connectivity index (χ1n) is 4.48. The standard InChI is InChI=1S/C10H12F3N3/c1-16-9(15,10(11,12)13)8-4-2-3-7(5-8)6-14/h2-5H,1,6,14-15H2. The number of hydrogen-bond donors (Lipinski definition) is 2. The van der Waals surface area contributed by atoms with Crippen molar-refractivity contribution < 1.29 is 13.2 Å². The summed E-state index contributed by atoms with van der Waals surface area (Å²) in [5, 5.41) is 0. The van der Waals surface area contributed by atoms with Crippen LogP contribution in [-0.4, -0.2) is 12.9 Å². The minimum atomic E-state index is -4.69. The van der Waals surface area contributed by atoms with Crippen LogP contribution in [0.5, 0.6) is 0 Å². The number of nitrogens with zero attached hydrogens (tertiary/aromatic N) is 1. The van der Waals surface area contributed by atoms with Crippen LogP contribution >= 0.6 is 0 Å². The van der Waals surface area contributed by atoms with Gasteiger partial charge in [-0.05, 0) is 12.3 Å². The lowest BCUT2D eigenvalue weighted by molar-refractivity contribution is -0.186. The second-order valence-corrected chi connectivity index (χ2v) is 3.33. The number of aliphatic imine (C=N–C) groups is 1. The van der Waals surface area contributed by atoms with E-state index in [9.17, 15) is 13.2 Å². The summed E-state index contributed by atoms with van der Waals surface area (Å²) >= 11 is 0. The summed E-state index contributed by atoms with van der Waals surface area (Å²) in [6, 6.07) is 5.60. The molecule has 0 radical (unpaired) electrons. The topological polar surface area (TPSA) is 64.4 Å². The van der Waals surface area contributed by atoms with Gasteiger partial charge in [0, 0.05) is 12.1 Å². The van der Waals surface area contributed by atoms with Crippen molar-refractivity contribution in [2.75, 3.05) is 0 Å². The number of hydrogen-bond acceptors (Lipinski definition) is 3. The maximum atomic E-state index is 12.7. The largest absolute Gasteiger partial charge is 0.431 e. The Morgan fingerprint density at radius 1 is 1.31 bits per heavy atom. The van der Waals surface area contributed by atoms with E-state index >= 15 is 0 Å². The summed E-state index contributed by atoms with van der Waals surface area (Å²) < 4.78 is 38.2. The van der Waals surface area contributed by atoms with Crippen LogP contribution in [0.25, 0.3) is 0 Å². The van der Waals surface area contributed by atoms with Crippen LogP contribution in [0.3, 0.4) is 0 Å². The van der Waals surface area contributed by atoms with E-state index in [1.54, 1.807) is 6.07 Å².